The summed E-state index contributed by atoms with van der Waals surface area (Å²) in [7, 11) is 1.86. The number of thiophene rings is 1. The minimum Gasteiger partial charge on any atom is -0.381 e. The summed E-state index contributed by atoms with van der Waals surface area (Å²) in [6, 6.07) is 13.3. The quantitative estimate of drug-likeness (QED) is 0.338. The fourth-order valence-corrected chi connectivity index (χ4v) is 5.19. The first kappa shape index (κ1) is 23.4. The van der Waals surface area contributed by atoms with Gasteiger partial charge in [0.2, 0.25) is 0 Å². The lowest BCUT2D eigenvalue weighted by molar-refractivity contribution is 0.0942. The number of pyridine rings is 1. The van der Waals surface area contributed by atoms with E-state index in [-0.39, 0.29) is 23.3 Å². The van der Waals surface area contributed by atoms with E-state index in [0.29, 0.717) is 5.65 Å². The van der Waals surface area contributed by atoms with Gasteiger partial charge < -0.3 is 11.1 Å². The molecule has 3 N–H and O–H groups in total. The third-order valence-corrected chi connectivity index (χ3v) is 7.05. The highest BCUT2D eigenvalue weighted by Gasteiger charge is 2.23. The molecule has 6 rings (SSSR count). The summed E-state index contributed by atoms with van der Waals surface area (Å²) in [6.45, 7) is 1.93. The number of benzene rings is 1. The second-order valence-corrected chi connectivity index (χ2v) is 9.70. The Hall–Kier alpha value is -5.01. The Bertz CT molecular complexity index is 1870. The monoisotopic (exact) mass is 518 g/mol. The molecule has 0 radical (unpaired) electrons. The van der Waals surface area contributed by atoms with Gasteiger partial charge in [0.15, 0.2) is 11.5 Å². The van der Waals surface area contributed by atoms with Crippen LogP contribution in [0.5, 0.6) is 0 Å². The number of nitrogen functional groups attached to an aromatic ring is 1. The molecule has 0 bridgehead atoms. The van der Waals surface area contributed by atoms with Crippen molar-refractivity contribution in [3.8, 4) is 23.1 Å². The Kier molecular flexibility index (Phi) is 5.82. The summed E-state index contributed by atoms with van der Waals surface area (Å²) in [4.78, 5) is 22.7. The molecule has 0 aliphatic rings. The van der Waals surface area contributed by atoms with Crippen molar-refractivity contribution in [2.45, 2.75) is 13.0 Å². The highest BCUT2D eigenvalue weighted by molar-refractivity contribution is 7.17. The van der Waals surface area contributed by atoms with Crippen LogP contribution in [0.15, 0.2) is 72.6 Å². The maximum atomic E-state index is 13.3. The van der Waals surface area contributed by atoms with Gasteiger partial charge in [-0.2, -0.15) is 5.10 Å². The molecule has 9 nitrogen and oxygen atoms in total. The molecule has 0 fully saturated rings. The topological polar surface area (TPSA) is 116 Å². The van der Waals surface area contributed by atoms with Gasteiger partial charge in [0, 0.05) is 42.1 Å². The van der Waals surface area contributed by atoms with Crippen LogP contribution in [0.3, 0.4) is 0 Å². The molecule has 1 aromatic carbocycles. The molecule has 0 aliphatic carbocycles. The Morgan fingerprint density at radius 1 is 1.18 bits per heavy atom. The number of hydrogen-bond donors (Lipinski definition) is 2. The Balaban J connectivity index is 1.40. The largest absolute Gasteiger partial charge is 0.381 e. The number of aromatic nitrogens is 6. The van der Waals surface area contributed by atoms with Crippen LogP contribution in [0.1, 0.15) is 40.0 Å². The highest BCUT2D eigenvalue weighted by atomic mass is 32.1. The van der Waals surface area contributed by atoms with Gasteiger partial charge in [-0.1, -0.05) is 42.2 Å². The van der Waals surface area contributed by atoms with Crippen molar-refractivity contribution in [2.24, 2.45) is 7.05 Å². The zero-order chi connectivity index (χ0) is 26.2. The molecule has 0 aliphatic heterocycles. The predicted molar refractivity (Wildman–Crippen MR) is 148 cm³/mol. The van der Waals surface area contributed by atoms with Crippen molar-refractivity contribution >= 4 is 38.9 Å². The van der Waals surface area contributed by atoms with Gasteiger partial charge in [-0.25, -0.2) is 14.5 Å². The van der Waals surface area contributed by atoms with Gasteiger partial charge >= 0.3 is 0 Å². The number of amides is 1. The molecular weight excluding hydrogens is 496 g/mol. The molecule has 0 saturated carbocycles. The normalized spacial score (nSPS) is 11.8. The average molecular weight is 519 g/mol. The fraction of sp³-hybridized carbons (Fsp3) is 0.107. The van der Waals surface area contributed by atoms with Crippen molar-refractivity contribution in [1.29, 1.82) is 0 Å². The molecule has 6 aromatic rings. The molecule has 5 aromatic heterocycles. The lowest BCUT2D eigenvalue weighted by Gasteiger charge is -2.18. The van der Waals surface area contributed by atoms with Crippen LogP contribution in [-0.2, 0) is 7.05 Å². The highest BCUT2D eigenvalue weighted by Crippen LogP contribution is 2.34. The van der Waals surface area contributed by atoms with E-state index in [0.717, 1.165) is 38.2 Å². The zero-order valence-electron chi connectivity index (χ0n) is 20.6. The summed E-state index contributed by atoms with van der Waals surface area (Å²) < 4.78 is 4.20. The van der Waals surface area contributed by atoms with Crippen molar-refractivity contribution in [2.75, 3.05) is 5.73 Å². The molecule has 38 heavy (non-hydrogen) atoms. The van der Waals surface area contributed by atoms with Gasteiger partial charge in [0.25, 0.3) is 5.91 Å². The lowest BCUT2D eigenvalue weighted by Crippen LogP contribution is -2.28. The van der Waals surface area contributed by atoms with E-state index in [1.165, 1.54) is 4.52 Å². The minimum atomic E-state index is -0.375. The van der Waals surface area contributed by atoms with E-state index in [4.69, 9.17) is 10.7 Å². The van der Waals surface area contributed by atoms with E-state index in [9.17, 15) is 4.79 Å². The predicted octanol–water partition coefficient (Wildman–Crippen LogP) is 4.21. The van der Waals surface area contributed by atoms with Crippen molar-refractivity contribution in [3.63, 3.8) is 0 Å². The van der Waals surface area contributed by atoms with E-state index < -0.39 is 0 Å². The Labute approximate surface area is 222 Å². The van der Waals surface area contributed by atoms with Crippen LogP contribution in [0.25, 0.3) is 27.1 Å². The molecule has 0 spiro atoms. The Morgan fingerprint density at radius 2 is 2.03 bits per heavy atom. The number of anilines is 1. The molecule has 1 amide bonds. The summed E-state index contributed by atoms with van der Waals surface area (Å²) in [5, 5.41) is 13.5. The Morgan fingerprint density at radius 3 is 2.82 bits per heavy atom. The molecular formula is C28H22N8OS. The van der Waals surface area contributed by atoms with Crippen molar-refractivity contribution in [3.05, 3.63) is 94.9 Å². The molecule has 1 unspecified atom stereocenters. The molecule has 5 heterocycles. The third kappa shape index (κ3) is 4.25. The van der Waals surface area contributed by atoms with Gasteiger partial charge in [-0.15, -0.1) is 16.4 Å². The summed E-state index contributed by atoms with van der Waals surface area (Å²) in [5.41, 5.74) is 11.8. The first-order valence-corrected chi connectivity index (χ1v) is 12.7. The number of carbonyl (C=O) groups is 1. The number of nitrogens with zero attached hydrogens (tertiary/aromatic N) is 6. The van der Waals surface area contributed by atoms with Gasteiger partial charge in [0.05, 0.1) is 39.3 Å². The average Bonchev–Trinajstić information content (AvgIpc) is 3.62. The summed E-state index contributed by atoms with van der Waals surface area (Å²) >= 11 is 1.57. The number of hydrogen-bond acceptors (Lipinski definition) is 7. The maximum Gasteiger partial charge on any atom is 0.259 e. The van der Waals surface area contributed by atoms with Crippen LogP contribution in [0.4, 0.5) is 5.82 Å². The van der Waals surface area contributed by atoms with Gasteiger partial charge in [-0.3, -0.25) is 9.48 Å². The second kappa shape index (κ2) is 9.46. The van der Waals surface area contributed by atoms with E-state index in [1.807, 2.05) is 55.9 Å². The first-order valence-electron chi connectivity index (χ1n) is 11.9. The SMILES string of the molecule is CC(NC(=O)c1c(N)nn2cccnc12)c1cc2scc(C#Cc3cnn(C)c3)c2nc1-c1ccccc1. The van der Waals surface area contributed by atoms with E-state index >= 15 is 0 Å². The van der Waals surface area contributed by atoms with Gasteiger partial charge in [0.1, 0.15) is 5.56 Å². The number of nitrogens with one attached hydrogen (secondary N) is 1. The number of carbonyl (C=O) groups excluding carboxylic acids is 1. The standard InChI is InChI=1S/C28H22N8OS/c1-17(32-28(37)23-26(29)34-36-12-6-11-30-27(23)36)21-13-22-25(33-24(21)19-7-4-3-5-8-19)20(16-38-22)10-9-18-14-31-35(2)15-18/h3-8,11-17H,1-2H3,(H2,29,34)(H,32,37). The fourth-order valence-electron chi connectivity index (χ4n) is 4.31. The first-order chi connectivity index (χ1) is 18.5. The molecule has 10 heteroatoms. The summed E-state index contributed by atoms with van der Waals surface area (Å²) in [6.07, 6.45) is 6.92. The van der Waals surface area contributed by atoms with Crippen LogP contribution in [0.2, 0.25) is 0 Å². The van der Waals surface area contributed by atoms with Crippen LogP contribution in [-0.4, -0.2) is 35.3 Å². The minimum absolute atomic E-state index is 0.125. The van der Waals surface area contributed by atoms with E-state index in [1.54, 1.807) is 40.7 Å². The number of nitrogens with two attached hydrogens (primary N) is 1. The maximum absolute atomic E-state index is 13.3. The number of fused-ring (bicyclic) bond motifs is 2. The second-order valence-electron chi connectivity index (χ2n) is 8.78. The van der Waals surface area contributed by atoms with Crippen LogP contribution < -0.4 is 11.1 Å². The zero-order valence-corrected chi connectivity index (χ0v) is 21.4. The van der Waals surface area contributed by atoms with Crippen LogP contribution >= 0.6 is 11.3 Å². The van der Waals surface area contributed by atoms with Gasteiger partial charge in [-0.05, 0) is 19.1 Å². The lowest BCUT2D eigenvalue weighted by atomic mass is 9.99. The van der Waals surface area contributed by atoms with Crippen molar-refractivity contribution < 1.29 is 4.79 Å². The van der Waals surface area contributed by atoms with Crippen molar-refractivity contribution in [1.82, 2.24) is 34.7 Å². The molecule has 186 valence electrons. The van der Waals surface area contributed by atoms with Crippen LogP contribution in [0, 0.1) is 11.8 Å². The third-order valence-electron chi connectivity index (χ3n) is 6.13. The number of aryl methyl sites for hydroxylation is 1. The molecule has 0 saturated heterocycles. The number of rotatable bonds is 4. The molecule has 1 atom stereocenters. The van der Waals surface area contributed by atoms with E-state index in [2.05, 4.69) is 38.4 Å². The smallest absolute Gasteiger partial charge is 0.259 e. The summed E-state index contributed by atoms with van der Waals surface area (Å²) in [5.74, 6) is 6.19.